The molecule has 21 heavy (non-hydrogen) atoms. The van der Waals surface area contributed by atoms with Crippen molar-refractivity contribution < 1.29 is 4.74 Å². The van der Waals surface area contributed by atoms with E-state index in [-0.39, 0.29) is 0 Å². The second kappa shape index (κ2) is 6.34. The smallest absolute Gasteiger partial charge is 0.122 e. The molecule has 0 amide bonds. The van der Waals surface area contributed by atoms with Crippen LogP contribution in [-0.4, -0.2) is 6.10 Å². The summed E-state index contributed by atoms with van der Waals surface area (Å²) in [5.74, 6) is 1.77. The van der Waals surface area contributed by atoms with Crippen LogP contribution in [0.1, 0.15) is 48.3 Å². The fraction of sp³-hybridized carbons (Fsp3) is 0.400. The van der Waals surface area contributed by atoms with Crippen molar-refractivity contribution in [1.29, 1.82) is 0 Å². The van der Waals surface area contributed by atoms with Gasteiger partial charge in [0.05, 0.1) is 6.10 Å². The Morgan fingerprint density at radius 2 is 1.57 bits per heavy atom. The number of hydrogen-bond donors (Lipinski definition) is 0. The Labute approximate surface area is 128 Å². The molecule has 0 aromatic heterocycles. The van der Waals surface area contributed by atoms with Crippen molar-refractivity contribution in [3.05, 3.63) is 65.2 Å². The summed E-state index contributed by atoms with van der Waals surface area (Å²) >= 11 is 0. The van der Waals surface area contributed by atoms with Crippen LogP contribution >= 0.6 is 0 Å². The molecule has 1 aliphatic rings. The molecule has 0 saturated heterocycles. The third-order valence-electron chi connectivity index (χ3n) is 4.57. The summed E-state index contributed by atoms with van der Waals surface area (Å²) in [4.78, 5) is 0. The monoisotopic (exact) mass is 280 g/mol. The molecule has 1 aliphatic carbocycles. The second-order valence-corrected chi connectivity index (χ2v) is 6.27. The summed E-state index contributed by atoms with van der Waals surface area (Å²) in [6.45, 7) is 4.26. The van der Waals surface area contributed by atoms with Crippen LogP contribution in [0.15, 0.2) is 48.5 Å². The van der Waals surface area contributed by atoms with Crippen LogP contribution in [0.2, 0.25) is 0 Å². The zero-order chi connectivity index (χ0) is 14.7. The van der Waals surface area contributed by atoms with Crippen LogP contribution in [0.4, 0.5) is 0 Å². The third kappa shape index (κ3) is 3.47. The van der Waals surface area contributed by atoms with Gasteiger partial charge in [-0.2, -0.15) is 0 Å². The molecule has 1 nitrogen and oxygen atoms in total. The Balaban J connectivity index is 1.59. The van der Waals surface area contributed by atoms with Crippen LogP contribution in [0, 0.1) is 13.8 Å². The zero-order valence-corrected chi connectivity index (χ0v) is 13.0. The first kappa shape index (κ1) is 14.2. The van der Waals surface area contributed by atoms with E-state index in [0.717, 1.165) is 18.6 Å². The highest BCUT2D eigenvalue weighted by molar-refractivity contribution is 5.35. The van der Waals surface area contributed by atoms with E-state index in [0.29, 0.717) is 12.0 Å². The SMILES string of the molecule is Cc1ccc(OC2CCC(c3ccccc3)CC2)c(C)c1. The normalized spacial score (nSPS) is 22.0. The minimum absolute atomic E-state index is 0.381. The van der Waals surface area contributed by atoms with Crippen molar-refractivity contribution >= 4 is 0 Å². The molecular weight excluding hydrogens is 256 g/mol. The topological polar surface area (TPSA) is 9.23 Å². The maximum Gasteiger partial charge on any atom is 0.122 e. The Kier molecular flexibility index (Phi) is 4.28. The maximum atomic E-state index is 6.23. The third-order valence-corrected chi connectivity index (χ3v) is 4.57. The lowest BCUT2D eigenvalue weighted by atomic mass is 9.83. The standard InChI is InChI=1S/C20H24O/c1-15-8-13-20(16(2)14-15)21-19-11-9-18(10-12-19)17-6-4-3-5-7-17/h3-8,13-14,18-19H,9-12H2,1-2H3. The van der Waals surface area contributed by atoms with E-state index in [2.05, 4.69) is 62.4 Å². The molecule has 2 aromatic carbocycles. The second-order valence-electron chi connectivity index (χ2n) is 6.27. The summed E-state index contributed by atoms with van der Waals surface area (Å²) in [5, 5.41) is 0. The van der Waals surface area contributed by atoms with Gasteiger partial charge in [0.15, 0.2) is 0 Å². The van der Waals surface area contributed by atoms with E-state index >= 15 is 0 Å². The summed E-state index contributed by atoms with van der Waals surface area (Å²) in [6, 6.07) is 17.4. The van der Waals surface area contributed by atoms with Gasteiger partial charge >= 0.3 is 0 Å². The molecule has 3 rings (SSSR count). The average Bonchev–Trinajstić information content (AvgIpc) is 2.52. The lowest BCUT2D eigenvalue weighted by Crippen LogP contribution is -2.23. The van der Waals surface area contributed by atoms with Gasteiger partial charge in [0.1, 0.15) is 5.75 Å². The number of hydrogen-bond acceptors (Lipinski definition) is 1. The molecule has 1 heteroatoms. The molecule has 110 valence electrons. The summed E-state index contributed by atoms with van der Waals surface area (Å²) < 4.78 is 6.23. The highest BCUT2D eigenvalue weighted by atomic mass is 16.5. The first-order valence-corrected chi connectivity index (χ1v) is 8.01. The highest BCUT2D eigenvalue weighted by Gasteiger charge is 2.23. The van der Waals surface area contributed by atoms with E-state index in [9.17, 15) is 0 Å². The Morgan fingerprint density at radius 3 is 2.24 bits per heavy atom. The van der Waals surface area contributed by atoms with Gasteiger partial charge in [-0.15, -0.1) is 0 Å². The summed E-state index contributed by atoms with van der Waals surface area (Å²) in [6.07, 6.45) is 5.17. The van der Waals surface area contributed by atoms with Crippen molar-refractivity contribution in [2.45, 2.75) is 51.6 Å². The fourth-order valence-electron chi connectivity index (χ4n) is 3.35. The highest BCUT2D eigenvalue weighted by Crippen LogP contribution is 2.34. The molecule has 0 unspecified atom stereocenters. The molecule has 2 aromatic rings. The maximum absolute atomic E-state index is 6.23. The molecule has 0 radical (unpaired) electrons. The van der Waals surface area contributed by atoms with Crippen molar-refractivity contribution in [2.24, 2.45) is 0 Å². The van der Waals surface area contributed by atoms with Gasteiger partial charge < -0.3 is 4.74 Å². The molecular formula is C20H24O. The molecule has 0 aliphatic heterocycles. The molecule has 0 atom stereocenters. The van der Waals surface area contributed by atoms with Gasteiger partial charge in [0.25, 0.3) is 0 Å². The van der Waals surface area contributed by atoms with Gasteiger partial charge in [-0.25, -0.2) is 0 Å². The number of aryl methyl sites for hydroxylation is 2. The number of rotatable bonds is 3. The van der Waals surface area contributed by atoms with Crippen LogP contribution in [-0.2, 0) is 0 Å². The van der Waals surface area contributed by atoms with Gasteiger partial charge in [-0.1, -0.05) is 48.0 Å². The summed E-state index contributed by atoms with van der Waals surface area (Å²) in [5.41, 5.74) is 4.04. The van der Waals surface area contributed by atoms with Crippen LogP contribution in [0.5, 0.6) is 5.75 Å². The quantitative estimate of drug-likeness (QED) is 0.730. The van der Waals surface area contributed by atoms with Crippen LogP contribution in [0.3, 0.4) is 0 Å². The zero-order valence-electron chi connectivity index (χ0n) is 13.0. The molecule has 0 N–H and O–H groups in total. The van der Waals surface area contributed by atoms with Crippen molar-refractivity contribution in [3.63, 3.8) is 0 Å². The Morgan fingerprint density at radius 1 is 0.857 bits per heavy atom. The van der Waals surface area contributed by atoms with Gasteiger partial charge in [-0.05, 0) is 62.6 Å². The van der Waals surface area contributed by atoms with E-state index in [1.165, 1.54) is 29.5 Å². The minimum Gasteiger partial charge on any atom is -0.490 e. The Bertz CT molecular complexity index is 580. The van der Waals surface area contributed by atoms with Gasteiger partial charge in [-0.3, -0.25) is 0 Å². The van der Waals surface area contributed by atoms with E-state index in [1.807, 2.05) is 0 Å². The van der Waals surface area contributed by atoms with Gasteiger partial charge in [0, 0.05) is 0 Å². The molecule has 1 fully saturated rings. The van der Waals surface area contributed by atoms with Crippen LogP contribution in [0.25, 0.3) is 0 Å². The van der Waals surface area contributed by atoms with E-state index < -0.39 is 0 Å². The van der Waals surface area contributed by atoms with Crippen molar-refractivity contribution in [1.82, 2.24) is 0 Å². The predicted octanol–water partition coefficient (Wildman–Crippen LogP) is 5.41. The average molecular weight is 280 g/mol. The van der Waals surface area contributed by atoms with Crippen molar-refractivity contribution in [2.75, 3.05) is 0 Å². The largest absolute Gasteiger partial charge is 0.490 e. The van der Waals surface area contributed by atoms with E-state index in [1.54, 1.807) is 0 Å². The van der Waals surface area contributed by atoms with Gasteiger partial charge in [0.2, 0.25) is 0 Å². The van der Waals surface area contributed by atoms with E-state index in [4.69, 9.17) is 4.74 Å². The lowest BCUT2D eigenvalue weighted by molar-refractivity contribution is 0.145. The first-order valence-electron chi connectivity index (χ1n) is 8.01. The molecule has 0 spiro atoms. The fourth-order valence-corrected chi connectivity index (χ4v) is 3.35. The number of benzene rings is 2. The molecule has 1 saturated carbocycles. The number of ether oxygens (including phenoxy) is 1. The molecule has 0 bridgehead atoms. The first-order chi connectivity index (χ1) is 10.2. The summed E-state index contributed by atoms with van der Waals surface area (Å²) in [7, 11) is 0. The predicted molar refractivity (Wildman–Crippen MR) is 88.0 cm³/mol. The van der Waals surface area contributed by atoms with Crippen LogP contribution < -0.4 is 4.74 Å². The minimum atomic E-state index is 0.381. The molecule has 0 heterocycles. The Hall–Kier alpha value is -1.76. The van der Waals surface area contributed by atoms with Crippen molar-refractivity contribution in [3.8, 4) is 5.75 Å². The lowest BCUT2D eigenvalue weighted by Gasteiger charge is -2.29.